The van der Waals surface area contributed by atoms with Crippen molar-refractivity contribution in [3.8, 4) is 11.1 Å². The molecule has 0 radical (unpaired) electrons. The molecule has 0 bridgehead atoms. The number of aliphatic hydroxyl groups excluding tert-OH is 2. The van der Waals surface area contributed by atoms with Crippen LogP contribution in [0, 0.1) is 0 Å². The molecule has 246 valence electrons. The van der Waals surface area contributed by atoms with E-state index in [4.69, 9.17) is 5.11 Å². The SMILES string of the molecule is CNC(=O)NCc1ccccc1-c1ccc(CN2C(=O)[C@H](NC(=O)CC(C)(C)NC[C@H](O)CO)CSc3cc(SC)ccc32)cc1. The summed E-state index contributed by atoms with van der Waals surface area (Å²) in [6.07, 6.45) is 1.18. The monoisotopic (exact) mass is 665 g/mol. The molecular weight excluding hydrogens is 623 g/mol. The number of carbonyl (C=O) groups excluding carboxylic acids is 3. The number of β-amino-alcohol motifs (C(OH)–C–C–N with tert-alkyl or cyclic N) is 1. The number of nitrogens with zero attached hydrogens (tertiary/aromatic N) is 1. The lowest BCUT2D eigenvalue weighted by Gasteiger charge is -2.29. The highest BCUT2D eigenvalue weighted by molar-refractivity contribution is 8.00. The van der Waals surface area contributed by atoms with E-state index in [0.29, 0.717) is 18.8 Å². The molecule has 2 atom stereocenters. The van der Waals surface area contributed by atoms with Crippen molar-refractivity contribution in [2.45, 2.75) is 60.8 Å². The van der Waals surface area contributed by atoms with Gasteiger partial charge in [0.05, 0.1) is 24.9 Å². The van der Waals surface area contributed by atoms with Crippen LogP contribution in [-0.4, -0.2) is 78.0 Å². The van der Waals surface area contributed by atoms with Gasteiger partial charge < -0.3 is 36.4 Å². The normalized spacial score (nSPS) is 15.5. The quantitative estimate of drug-likeness (QED) is 0.152. The van der Waals surface area contributed by atoms with Gasteiger partial charge in [0.2, 0.25) is 5.91 Å². The van der Waals surface area contributed by atoms with Crippen molar-refractivity contribution in [1.82, 2.24) is 21.3 Å². The van der Waals surface area contributed by atoms with Crippen LogP contribution < -0.4 is 26.2 Å². The maximum Gasteiger partial charge on any atom is 0.314 e. The van der Waals surface area contributed by atoms with Gasteiger partial charge in [-0.2, -0.15) is 0 Å². The molecule has 12 heteroatoms. The van der Waals surface area contributed by atoms with Crippen molar-refractivity contribution >= 4 is 47.1 Å². The molecular formula is C34H43N5O5S2. The van der Waals surface area contributed by atoms with E-state index in [1.807, 2.05) is 80.8 Å². The highest BCUT2D eigenvalue weighted by Crippen LogP contribution is 2.38. The summed E-state index contributed by atoms with van der Waals surface area (Å²) in [6, 6.07) is 21.0. The first-order valence-electron chi connectivity index (χ1n) is 15.1. The fraction of sp³-hybridized carbons (Fsp3) is 0.382. The number of anilines is 1. The van der Waals surface area contributed by atoms with Gasteiger partial charge in [-0.15, -0.1) is 23.5 Å². The lowest BCUT2D eigenvalue weighted by atomic mass is 9.98. The molecule has 4 amide bonds. The average molecular weight is 666 g/mol. The molecule has 0 saturated heterocycles. The van der Waals surface area contributed by atoms with Crippen molar-refractivity contribution in [3.63, 3.8) is 0 Å². The number of urea groups is 1. The van der Waals surface area contributed by atoms with Crippen molar-refractivity contribution < 1.29 is 24.6 Å². The zero-order chi connectivity index (χ0) is 33.3. The number of rotatable bonds is 13. The molecule has 0 unspecified atom stereocenters. The van der Waals surface area contributed by atoms with Crippen LogP contribution >= 0.6 is 23.5 Å². The van der Waals surface area contributed by atoms with Gasteiger partial charge in [-0.25, -0.2) is 4.79 Å². The summed E-state index contributed by atoms with van der Waals surface area (Å²) in [6.45, 7) is 4.16. The molecule has 0 aromatic heterocycles. The Bertz CT molecular complexity index is 1520. The summed E-state index contributed by atoms with van der Waals surface area (Å²) in [5.74, 6) is -0.0738. The summed E-state index contributed by atoms with van der Waals surface area (Å²) >= 11 is 3.18. The number of thioether (sulfide) groups is 2. The van der Waals surface area contributed by atoms with E-state index < -0.39 is 17.7 Å². The van der Waals surface area contributed by atoms with Crippen LogP contribution in [0.1, 0.15) is 31.4 Å². The van der Waals surface area contributed by atoms with Crippen molar-refractivity contribution in [3.05, 3.63) is 77.9 Å². The summed E-state index contributed by atoms with van der Waals surface area (Å²) < 4.78 is 0. The van der Waals surface area contributed by atoms with Gasteiger partial charge in [-0.1, -0.05) is 48.5 Å². The smallest absolute Gasteiger partial charge is 0.314 e. The zero-order valence-electron chi connectivity index (χ0n) is 26.6. The number of hydrogen-bond acceptors (Lipinski definition) is 8. The second-order valence-electron chi connectivity index (χ2n) is 11.8. The van der Waals surface area contributed by atoms with E-state index in [-0.39, 0.29) is 37.4 Å². The molecule has 0 aliphatic carbocycles. The standard InChI is InChI=1S/C34H43N5O5S2/c1-34(2,37-18-25(41)20-40)16-31(42)38-28-21-46-30-15-26(45-4)13-14-29(30)39(32(28)43)19-22-9-11-23(12-10-22)27-8-6-5-7-24(27)17-36-33(44)35-3/h5-15,25,28,37,40-41H,16-21H2,1-4H3,(H,38,42)(H2,35,36,44)/t25-,28+/m0/s1. The Morgan fingerprint density at radius 1 is 1.11 bits per heavy atom. The third kappa shape index (κ3) is 9.49. The molecule has 3 aromatic carbocycles. The van der Waals surface area contributed by atoms with Gasteiger partial charge in [-0.05, 0) is 60.6 Å². The van der Waals surface area contributed by atoms with Crippen molar-refractivity contribution in [2.24, 2.45) is 0 Å². The lowest BCUT2D eigenvalue weighted by molar-refractivity contribution is -0.128. The van der Waals surface area contributed by atoms with Gasteiger partial charge in [0, 0.05) is 47.6 Å². The number of nitrogens with one attached hydrogen (secondary N) is 4. The number of benzene rings is 3. The number of aliphatic hydroxyl groups is 2. The molecule has 4 rings (SSSR count). The first kappa shape index (κ1) is 35.3. The fourth-order valence-corrected chi connectivity index (χ4v) is 6.76. The van der Waals surface area contributed by atoms with Crippen LogP contribution in [-0.2, 0) is 22.7 Å². The van der Waals surface area contributed by atoms with Crippen LogP contribution in [0.3, 0.4) is 0 Å². The average Bonchev–Trinajstić information content (AvgIpc) is 3.18. The minimum absolute atomic E-state index is 0.0880. The van der Waals surface area contributed by atoms with Gasteiger partial charge >= 0.3 is 6.03 Å². The number of carbonyl (C=O) groups is 3. The topological polar surface area (TPSA) is 143 Å². The minimum Gasteiger partial charge on any atom is -0.394 e. The Balaban J connectivity index is 1.54. The van der Waals surface area contributed by atoms with Crippen LogP contribution in [0.2, 0.25) is 0 Å². The number of amides is 4. The molecule has 0 spiro atoms. The molecule has 3 aromatic rings. The summed E-state index contributed by atoms with van der Waals surface area (Å²) in [5.41, 5.74) is 4.07. The predicted octanol–water partition coefficient (Wildman–Crippen LogP) is 3.74. The van der Waals surface area contributed by atoms with E-state index in [1.54, 1.807) is 35.5 Å². The van der Waals surface area contributed by atoms with E-state index in [1.165, 1.54) is 0 Å². The van der Waals surface area contributed by atoms with Gasteiger partial charge in [-0.3, -0.25) is 9.59 Å². The fourth-order valence-electron chi connectivity index (χ4n) is 5.14. The van der Waals surface area contributed by atoms with Crippen LogP contribution in [0.25, 0.3) is 11.1 Å². The van der Waals surface area contributed by atoms with Crippen LogP contribution in [0.4, 0.5) is 10.5 Å². The Labute approximate surface area is 279 Å². The maximum atomic E-state index is 14.1. The zero-order valence-corrected chi connectivity index (χ0v) is 28.3. The minimum atomic E-state index is -0.921. The van der Waals surface area contributed by atoms with E-state index in [2.05, 4.69) is 27.3 Å². The summed E-state index contributed by atoms with van der Waals surface area (Å²) in [5, 5.41) is 30.3. The Morgan fingerprint density at radius 2 is 1.85 bits per heavy atom. The molecule has 0 saturated carbocycles. The third-order valence-electron chi connectivity index (χ3n) is 7.68. The second kappa shape index (κ2) is 16.3. The molecule has 6 N–H and O–H groups in total. The molecule has 1 heterocycles. The Hall–Kier alpha value is -3.55. The number of fused-ring (bicyclic) bond motifs is 1. The van der Waals surface area contributed by atoms with Gasteiger partial charge in [0.15, 0.2) is 0 Å². The molecule has 10 nitrogen and oxygen atoms in total. The predicted molar refractivity (Wildman–Crippen MR) is 185 cm³/mol. The number of hydrogen-bond donors (Lipinski definition) is 6. The highest BCUT2D eigenvalue weighted by Gasteiger charge is 2.33. The molecule has 1 aliphatic heterocycles. The van der Waals surface area contributed by atoms with Crippen LogP contribution in [0.15, 0.2) is 76.5 Å². The molecule has 46 heavy (non-hydrogen) atoms. The largest absolute Gasteiger partial charge is 0.394 e. The molecule has 0 fully saturated rings. The van der Waals surface area contributed by atoms with Gasteiger partial charge in [0.1, 0.15) is 6.04 Å². The maximum absolute atomic E-state index is 14.1. The first-order valence-corrected chi connectivity index (χ1v) is 17.3. The van der Waals surface area contributed by atoms with E-state index in [0.717, 1.165) is 37.7 Å². The van der Waals surface area contributed by atoms with Crippen molar-refractivity contribution in [1.29, 1.82) is 0 Å². The summed E-state index contributed by atoms with van der Waals surface area (Å²) in [4.78, 5) is 42.8. The lowest BCUT2D eigenvalue weighted by Crippen LogP contribution is -2.52. The molecule has 1 aliphatic rings. The van der Waals surface area contributed by atoms with E-state index in [9.17, 15) is 19.5 Å². The van der Waals surface area contributed by atoms with Crippen molar-refractivity contribution in [2.75, 3.05) is 37.1 Å². The van der Waals surface area contributed by atoms with Crippen LogP contribution in [0.5, 0.6) is 0 Å². The summed E-state index contributed by atoms with van der Waals surface area (Å²) in [7, 11) is 1.58. The van der Waals surface area contributed by atoms with E-state index >= 15 is 0 Å². The second-order valence-corrected chi connectivity index (χ2v) is 13.7. The Kier molecular flexibility index (Phi) is 12.5. The van der Waals surface area contributed by atoms with Gasteiger partial charge in [0.25, 0.3) is 5.91 Å². The Morgan fingerprint density at radius 3 is 2.54 bits per heavy atom. The first-order chi connectivity index (χ1) is 22.0. The third-order valence-corrected chi connectivity index (χ3v) is 9.54. The highest BCUT2D eigenvalue weighted by atomic mass is 32.2.